The predicted octanol–water partition coefficient (Wildman–Crippen LogP) is 0.532. The lowest BCUT2D eigenvalue weighted by Gasteiger charge is -2.23. The molecule has 0 aromatic rings. The number of hydrogen-bond acceptors (Lipinski definition) is 4. The van der Waals surface area contributed by atoms with Crippen molar-refractivity contribution in [3.05, 3.63) is 0 Å². The van der Waals surface area contributed by atoms with Gasteiger partial charge in [0.25, 0.3) is 0 Å². The molecule has 1 saturated heterocycles. The summed E-state index contributed by atoms with van der Waals surface area (Å²) >= 11 is 0. The molecule has 5 heteroatoms. The molecule has 0 spiro atoms. The van der Waals surface area contributed by atoms with Gasteiger partial charge in [-0.05, 0) is 32.4 Å². The van der Waals surface area contributed by atoms with Crippen molar-refractivity contribution in [2.24, 2.45) is 0 Å². The zero-order chi connectivity index (χ0) is 11.3. The van der Waals surface area contributed by atoms with Crippen LogP contribution in [0.25, 0.3) is 0 Å². The molecule has 0 N–H and O–H groups in total. The van der Waals surface area contributed by atoms with E-state index in [2.05, 4.69) is 4.90 Å². The maximum atomic E-state index is 11.0. The molecule has 0 aliphatic carbocycles. The van der Waals surface area contributed by atoms with Gasteiger partial charge in [0, 0.05) is 19.4 Å². The number of sulfone groups is 1. The minimum atomic E-state index is -2.80. The van der Waals surface area contributed by atoms with Crippen LogP contribution in [0.4, 0.5) is 0 Å². The Morgan fingerprint density at radius 1 is 1.47 bits per heavy atom. The largest absolute Gasteiger partial charge is 0.383 e. The minimum Gasteiger partial charge on any atom is -0.383 e. The van der Waals surface area contributed by atoms with E-state index in [1.165, 1.54) is 19.1 Å². The summed E-state index contributed by atoms with van der Waals surface area (Å²) in [6.07, 6.45) is 4.41. The molecule has 0 aromatic carbocycles. The molecule has 1 rings (SSSR count). The van der Waals surface area contributed by atoms with Crippen LogP contribution in [0.2, 0.25) is 0 Å². The van der Waals surface area contributed by atoms with Gasteiger partial charge in [-0.15, -0.1) is 0 Å². The molecule has 1 unspecified atom stereocenters. The Hall–Kier alpha value is -0.130. The van der Waals surface area contributed by atoms with Crippen LogP contribution in [0, 0.1) is 0 Å². The first-order valence-electron chi connectivity index (χ1n) is 5.43. The Labute approximate surface area is 92.5 Å². The average molecular weight is 235 g/mol. The van der Waals surface area contributed by atoms with Gasteiger partial charge in [-0.1, -0.05) is 0 Å². The second-order valence-electron chi connectivity index (χ2n) is 4.27. The van der Waals surface area contributed by atoms with Crippen molar-refractivity contribution in [3.63, 3.8) is 0 Å². The Morgan fingerprint density at radius 3 is 2.80 bits per heavy atom. The van der Waals surface area contributed by atoms with E-state index in [4.69, 9.17) is 4.74 Å². The van der Waals surface area contributed by atoms with E-state index in [1.807, 2.05) is 0 Å². The summed E-state index contributed by atoms with van der Waals surface area (Å²) in [7, 11) is -1.09. The van der Waals surface area contributed by atoms with Crippen LogP contribution in [-0.4, -0.2) is 58.2 Å². The molecule has 0 radical (unpaired) electrons. The van der Waals surface area contributed by atoms with E-state index in [0.29, 0.717) is 11.8 Å². The van der Waals surface area contributed by atoms with E-state index in [-0.39, 0.29) is 0 Å². The minimum absolute atomic E-state index is 0.295. The molecule has 1 atom stereocenters. The molecule has 15 heavy (non-hydrogen) atoms. The zero-order valence-corrected chi connectivity index (χ0v) is 10.4. The lowest BCUT2D eigenvalue weighted by molar-refractivity contribution is 0.116. The first-order chi connectivity index (χ1) is 7.03. The summed E-state index contributed by atoms with van der Waals surface area (Å²) in [6.45, 7) is 2.72. The number of ether oxygens (including phenoxy) is 1. The van der Waals surface area contributed by atoms with E-state index in [1.54, 1.807) is 7.11 Å². The van der Waals surface area contributed by atoms with E-state index < -0.39 is 9.84 Å². The van der Waals surface area contributed by atoms with Gasteiger partial charge < -0.3 is 4.74 Å². The van der Waals surface area contributed by atoms with E-state index >= 15 is 0 Å². The predicted molar refractivity (Wildman–Crippen MR) is 60.8 cm³/mol. The van der Waals surface area contributed by atoms with Crippen LogP contribution in [0.15, 0.2) is 0 Å². The van der Waals surface area contributed by atoms with Gasteiger partial charge in [0.2, 0.25) is 0 Å². The van der Waals surface area contributed by atoms with Crippen molar-refractivity contribution in [2.75, 3.05) is 38.8 Å². The van der Waals surface area contributed by atoms with Crippen molar-refractivity contribution < 1.29 is 13.2 Å². The van der Waals surface area contributed by atoms with Crippen LogP contribution < -0.4 is 0 Å². The monoisotopic (exact) mass is 235 g/mol. The summed E-state index contributed by atoms with van der Waals surface area (Å²) in [5.74, 6) is 0.295. The lowest BCUT2D eigenvalue weighted by Crippen LogP contribution is -2.34. The summed E-state index contributed by atoms with van der Waals surface area (Å²) in [5.41, 5.74) is 0. The lowest BCUT2D eigenvalue weighted by atomic mass is 10.2. The number of rotatable bonds is 6. The topological polar surface area (TPSA) is 46.6 Å². The van der Waals surface area contributed by atoms with Crippen molar-refractivity contribution in [2.45, 2.75) is 25.3 Å². The van der Waals surface area contributed by atoms with E-state index in [9.17, 15) is 8.42 Å². The van der Waals surface area contributed by atoms with Crippen molar-refractivity contribution >= 4 is 9.84 Å². The first kappa shape index (κ1) is 12.9. The second kappa shape index (κ2) is 5.82. The molecule has 1 aliphatic rings. The third kappa shape index (κ3) is 4.95. The van der Waals surface area contributed by atoms with Crippen LogP contribution in [0.3, 0.4) is 0 Å². The molecule has 0 amide bonds. The molecule has 90 valence electrons. The quantitative estimate of drug-likeness (QED) is 0.674. The first-order valence-corrected chi connectivity index (χ1v) is 7.49. The molecular formula is C10H21NO3S. The fourth-order valence-electron chi connectivity index (χ4n) is 2.10. The summed E-state index contributed by atoms with van der Waals surface area (Å²) < 4.78 is 27.1. The van der Waals surface area contributed by atoms with Crippen molar-refractivity contribution in [1.29, 1.82) is 0 Å². The van der Waals surface area contributed by atoms with Gasteiger partial charge in [-0.2, -0.15) is 0 Å². The van der Waals surface area contributed by atoms with E-state index in [0.717, 1.165) is 26.1 Å². The highest BCUT2D eigenvalue weighted by molar-refractivity contribution is 7.90. The third-order valence-electron chi connectivity index (χ3n) is 2.82. The average Bonchev–Trinajstić information content (AvgIpc) is 2.51. The Balaban J connectivity index is 2.25. The number of methoxy groups -OCH3 is 1. The van der Waals surface area contributed by atoms with Crippen LogP contribution >= 0.6 is 0 Å². The molecule has 4 nitrogen and oxygen atoms in total. The smallest absolute Gasteiger partial charge is 0.147 e. The van der Waals surface area contributed by atoms with Gasteiger partial charge in [0.15, 0.2) is 0 Å². The van der Waals surface area contributed by atoms with Crippen molar-refractivity contribution in [3.8, 4) is 0 Å². The number of nitrogens with zero attached hydrogens (tertiary/aromatic N) is 1. The molecule has 0 saturated carbocycles. The maximum Gasteiger partial charge on any atom is 0.147 e. The summed E-state index contributed by atoms with van der Waals surface area (Å²) in [4.78, 5) is 2.34. The number of likely N-dealkylation sites (tertiary alicyclic amines) is 1. The highest BCUT2D eigenvalue weighted by atomic mass is 32.2. The van der Waals surface area contributed by atoms with Gasteiger partial charge in [-0.3, -0.25) is 4.90 Å². The van der Waals surface area contributed by atoms with Crippen LogP contribution in [0.1, 0.15) is 19.3 Å². The van der Waals surface area contributed by atoms with Gasteiger partial charge in [-0.25, -0.2) is 8.42 Å². The Bertz CT molecular complexity index is 276. The van der Waals surface area contributed by atoms with Crippen LogP contribution in [0.5, 0.6) is 0 Å². The zero-order valence-electron chi connectivity index (χ0n) is 9.61. The Morgan fingerprint density at radius 2 is 2.20 bits per heavy atom. The standard InChI is InChI=1S/C10H21NO3S/c1-14-9-10-5-3-6-11(10)7-4-8-15(2,12)13/h10H,3-9H2,1-2H3. The third-order valence-corrected chi connectivity index (χ3v) is 3.85. The normalized spacial score (nSPS) is 23.5. The molecule has 1 heterocycles. The van der Waals surface area contributed by atoms with Crippen molar-refractivity contribution in [1.82, 2.24) is 4.90 Å². The highest BCUT2D eigenvalue weighted by Crippen LogP contribution is 2.17. The fraction of sp³-hybridized carbons (Fsp3) is 1.00. The fourth-order valence-corrected chi connectivity index (χ4v) is 2.75. The molecule has 0 bridgehead atoms. The SMILES string of the molecule is COCC1CCCN1CCCS(C)(=O)=O. The summed E-state index contributed by atoms with van der Waals surface area (Å²) in [6, 6.07) is 0.495. The van der Waals surface area contributed by atoms with Gasteiger partial charge >= 0.3 is 0 Å². The summed E-state index contributed by atoms with van der Waals surface area (Å²) in [5, 5.41) is 0. The molecular weight excluding hydrogens is 214 g/mol. The highest BCUT2D eigenvalue weighted by Gasteiger charge is 2.23. The number of hydrogen-bond donors (Lipinski definition) is 0. The Kier molecular flexibility index (Phi) is 5.02. The second-order valence-corrected chi connectivity index (χ2v) is 6.53. The van der Waals surface area contributed by atoms with Gasteiger partial charge in [0.1, 0.15) is 9.84 Å². The van der Waals surface area contributed by atoms with Crippen LogP contribution in [-0.2, 0) is 14.6 Å². The van der Waals surface area contributed by atoms with Gasteiger partial charge in [0.05, 0.1) is 12.4 Å². The molecule has 0 aromatic heterocycles. The maximum absolute atomic E-state index is 11.0. The molecule has 1 fully saturated rings. The molecule has 1 aliphatic heterocycles.